The molecule has 15 rings (SSSR count). The van der Waals surface area contributed by atoms with Crippen molar-refractivity contribution < 1.29 is 0 Å². The second-order valence-corrected chi connectivity index (χ2v) is 21.0. The number of anilines is 3. The average molecular weight is 985 g/mol. The summed E-state index contributed by atoms with van der Waals surface area (Å²) in [7, 11) is 0. The van der Waals surface area contributed by atoms with Crippen molar-refractivity contribution in [3.05, 3.63) is 313 Å². The minimum atomic E-state index is -0.542. The first-order valence-corrected chi connectivity index (χ1v) is 27.0. The molecule has 2 heterocycles. The van der Waals surface area contributed by atoms with Crippen LogP contribution in [-0.2, 0) is 5.41 Å². The summed E-state index contributed by atoms with van der Waals surface area (Å²) < 4.78 is 5.06. The van der Waals surface area contributed by atoms with E-state index in [1.807, 2.05) is 11.3 Å². The number of fused-ring (bicyclic) bond motifs is 10. The Hall–Kier alpha value is -9.54. The van der Waals surface area contributed by atoms with Gasteiger partial charge in [0.25, 0.3) is 0 Å². The van der Waals surface area contributed by atoms with Crippen LogP contribution in [0.5, 0.6) is 0 Å². The maximum absolute atomic E-state index is 2.51. The second-order valence-electron chi connectivity index (χ2n) is 19.9. The molecule has 0 spiro atoms. The number of hydrogen-bond donors (Lipinski definition) is 0. The van der Waals surface area contributed by atoms with Gasteiger partial charge in [0.1, 0.15) is 0 Å². The third kappa shape index (κ3) is 6.86. The molecule has 1 aliphatic rings. The summed E-state index contributed by atoms with van der Waals surface area (Å²) in [6.45, 7) is 0. The van der Waals surface area contributed by atoms with Crippen LogP contribution in [0.25, 0.3) is 92.2 Å². The van der Waals surface area contributed by atoms with Crippen LogP contribution >= 0.6 is 11.3 Å². The lowest BCUT2D eigenvalue weighted by Crippen LogP contribution is -2.28. The molecule has 2 aromatic heterocycles. The first-order chi connectivity index (χ1) is 37.7. The number of thiophene rings is 1. The van der Waals surface area contributed by atoms with Gasteiger partial charge in [-0.15, -0.1) is 11.3 Å². The summed E-state index contributed by atoms with van der Waals surface area (Å²) in [4.78, 5) is 2.47. The van der Waals surface area contributed by atoms with Crippen LogP contribution in [0.2, 0.25) is 0 Å². The molecular formula is C73H48N2S. The summed E-state index contributed by atoms with van der Waals surface area (Å²) in [5.41, 5.74) is 21.1. The molecule has 0 bridgehead atoms. The molecule has 76 heavy (non-hydrogen) atoms. The summed E-state index contributed by atoms with van der Waals surface area (Å²) >= 11 is 1.89. The summed E-state index contributed by atoms with van der Waals surface area (Å²) in [6, 6.07) is 108. The Morgan fingerprint density at radius 3 is 1.63 bits per heavy atom. The number of hydrogen-bond acceptors (Lipinski definition) is 2. The van der Waals surface area contributed by atoms with E-state index in [0.717, 1.165) is 22.7 Å². The fourth-order valence-corrected chi connectivity index (χ4v) is 13.8. The minimum Gasteiger partial charge on any atom is -0.310 e. The van der Waals surface area contributed by atoms with Crippen LogP contribution in [0.1, 0.15) is 22.3 Å². The Morgan fingerprint density at radius 1 is 0.329 bits per heavy atom. The lowest BCUT2D eigenvalue weighted by molar-refractivity contribution is 0.768. The first-order valence-electron chi connectivity index (χ1n) is 26.2. The van der Waals surface area contributed by atoms with Gasteiger partial charge in [-0.3, -0.25) is 0 Å². The number of para-hydroxylation sites is 1. The molecule has 0 atom stereocenters. The fourth-order valence-electron chi connectivity index (χ4n) is 12.5. The van der Waals surface area contributed by atoms with Gasteiger partial charge in [-0.05, 0) is 128 Å². The van der Waals surface area contributed by atoms with Crippen LogP contribution in [0, 0.1) is 0 Å². The van der Waals surface area contributed by atoms with Gasteiger partial charge in [0, 0.05) is 59.3 Å². The predicted molar refractivity (Wildman–Crippen MR) is 322 cm³/mol. The van der Waals surface area contributed by atoms with Crippen LogP contribution in [0.3, 0.4) is 0 Å². The maximum Gasteiger partial charge on any atom is 0.0714 e. The standard InChI is InChI=1S/C73H48N2S/c1-5-21-49(22-6-1)51-39-41-56(42-40-51)74(59-43-44-61-60-33-13-16-36-66(60)73(67(61)47-59,54-27-9-3-10-28-54)55-29-11-4-12-30-55)57-31-20-26-53(46-57)64-48-65-62-34-14-17-37-68(62)75(58-32-19-25-52(45-58)50-23-7-2-8-24-50)71(65)70-63-35-15-18-38-69(63)76-72(64)70/h1-48H. The summed E-state index contributed by atoms with van der Waals surface area (Å²) in [6.07, 6.45) is 0. The third-order valence-electron chi connectivity index (χ3n) is 15.8. The van der Waals surface area contributed by atoms with Crippen molar-refractivity contribution >= 4 is 70.4 Å². The van der Waals surface area contributed by atoms with Gasteiger partial charge >= 0.3 is 0 Å². The van der Waals surface area contributed by atoms with Gasteiger partial charge in [0.2, 0.25) is 0 Å². The van der Waals surface area contributed by atoms with Gasteiger partial charge in [-0.1, -0.05) is 224 Å². The van der Waals surface area contributed by atoms with Crippen LogP contribution in [0.4, 0.5) is 17.1 Å². The normalized spacial score (nSPS) is 12.6. The zero-order valence-corrected chi connectivity index (χ0v) is 42.3. The van der Waals surface area contributed by atoms with Gasteiger partial charge in [0.05, 0.1) is 16.4 Å². The Bertz CT molecular complexity index is 4460. The highest BCUT2D eigenvalue weighted by Crippen LogP contribution is 2.57. The van der Waals surface area contributed by atoms with Crippen LogP contribution in [0.15, 0.2) is 291 Å². The van der Waals surface area contributed by atoms with Crippen LogP contribution in [-0.4, -0.2) is 4.57 Å². The molecule has 0 amide bonds. The number of aromatic nitrogens is 1. The largest absolute Gasteiger partial charge is 0.310 e. The molecule has 0 aliphatic heterocycles. The average Bonchev–Trinajstić information content (AvgIpc) is 4.32. The Kier molecular flexibility index (Phi) is 10.3. The van der Waals surface area contributed by atoms with E-state index in [4.69, 9.17) is 0 Å². The zero-order valence-electron chi connectivity index (χ0n) is 41.5. The number of nitrogens with zero attached hydrogens (tertiary/aromatic N) is 2. The monoisotopic (exact) mass is 984 g/mol. The van der Waals surface area contributed by atoms with Crippen molar-refractivity contribution in [1.29, 1.82) is 0 Å². The topological polar surface area (TPSA) is 8.17 Å². The van der Waals surface area contributed by atoms with E-state index < -0.39 is 5.41 Å². The molecule has 0 fully saturated rings. The van der Waals surface area contributed by atoms with E-state index in [9.17, 15) is 0 Å². The molecule has 14 aromatic rings. The third-order valence-corrected chi connectivity index (χ3v) is 17.0. The first kappa shape index (κ1) is 44.0. The highest BCUT2D eigenvalue weighted by molar-refractivity contribution is 7.26. The number of rotatable bonds is 9. The molecular weight excluding hydrogens is 937 g/mol. The highest BCUT2D eigenvalue weighted by atomic mass is 32.1. The lowest BCUT2D eigenvalue weighted by atomic mass is 9.67. The molecule has 3 heteroatoms. The van der Waals surface area contributed by atoms with Gasteiger partial charge in [0.15, 0.2) is 0 Å². The lowest BCUT2D eigenvalue weighted by Gasteiger charge is -2.35. The summed E-state index contributed by atoms with van der Waals surface area (Å²) in [5.74, 6) is 0. The molecule has 0 N–H and O–H groups in total. The summed E-state index contributed by atoms with van der Waals surface area (Å²) in [5, 5.41) is 5.02. The fraction of sp³-hybridized carbons (Fsp3) is 0.0137. The SMILES string of the molecule is c1ccc(-c2ccc(N(c3cccc(-c4cc5c6ccccc6n(-c6cccc(-c7ccccc7)c6)c5c5c4sc4ccccc45)c3)c3ccc4c(c3)C(c3ccccc3)(c3ccccc3)c3ccccc3-4)cc2)cc1. The molecule has 0 saturated heterocycles. The Labute approximate surface area is 446 Å². The zero-order chi connectivity index (χ0) is 50.2. The van der Waals surface area contributed by atoms with Crippen molar-refractivity contribution in [1.82, 2.24) is 4.57 Å². The molecule has 2 nitrogen and oxygen atoms in total. The van der Waals surface area contributed by atoms with E-state index in [1.165, 1.54) is 109 Å². The quantitative estimate of drug-likeness (QED) is 0.140. The molecule has 0 unspecified atom stereocenters. The van der Waals surface area contributed by atoms with E-state index in [1.54, 1.807) is 0 Å². The van der Waals surface area contributed by atoms with Gasteiger partial charge in [-0.2, -0.15) is 0 Å². The highest BCUT2D eigenvalue weighted by Gasteiger charge is 2.46. The van der Waals surface area contributed by atoms with Crippen LogP contribution < -0.4 is 4.90 Å². The Balaban J connectivity index is 0.963. The molecule has 0 radical (unpaired) electrons. The molecule has 0 saturated carbocycles. The van der Waals surface area contributed by atoms with Crippen molar-refractivity contribution in [3.63, 3.8) is 0 Å². The van der Waals surface area contributed by atoms with Crippen molar-refractivity contribution in [2.24, 2.45) is 0 Å². The number of benzene rings is 12. The maximum atomic E-state index is 2.51. The molecule has 12 aromatic carbocycles. The van der Waals surface area contributed by atoms with Gasteiger partial charge < -0.3 is 9.47 Å². The van der Waals surface area contributed by atoms with E-state index in [-0.39, 0.29) is 0 Å². The van der Waals surface area contributed by atoms with Crippen molar-refractivity contribution in [2.75, 3.05) is 4.90 Å². The van der Waals surface area contributed by atoms with E-state index in [2.05, 4.69) is 301 Å². The van der Waals surface area contributed by atoms with E-state index >= 15 is 0 Å². The van der Waals surface area contributed by atoms with Gasteiger partial charge in [-0.25, -0.2) is 0 Å². The van der Waals surface area contributed by atoms with Crippen molar-refractivity contribution in [3.8, 4) is 50.2 Å². The smallest absolute Gasteiger partial charge is 0.0714 e. The van der Waals surface area contributed by atoms with E-state index in [0.29, 0.717) is 0 Å². The predicted octanol–water partition coefficient (Wildman–Crippen LogP) is 20.0. The second kappa shape index (κ2) is 17.8. The minimum absolute atomic E-state index is 0.542. The molecule has 1 aliphatic carbocycles. The van der Waals surface area contributed by atoms with Crippen molar-refractivity contribution in [2.45, 2.75) is 5.41 Å². The molecule has 356 valence electrons. The Morgan fingerprint density at radius 2 is 0.882 bits per heavy atom.